The molecule has 1 saturated carbocycles. The lowest BCUT2D eigenvalue weighted by Gasteiger charge is -2.39. The highest BCUT2D eigenvalue weighted by molar-refractivity contribution is 5.68. The molecule has 0 aliphatic heterocycles. The van der Waals surface area contributed by atoms with Gasteiger partial charge in [0.15, 0.2) is 0 Å². The first-order chi connectivity index (χ1) is 8.13. The Morgan fingerprint density at radius 1 is 1.39 bits per heavy atom. The molecule has 2 unspecified atom stereocenters. The van der Waals surface area contributed by atoms with Gasteiger partial charge >= 0.3 is 6.09 Å². The molecule has 0 bridgehead atoms. The van der Waals surface area contributed by atoms with Crippen LogP contribution in [0.25, 0.3) is 0 Å². The third-order valence-corrected chi connectivity index (χ3v) is 3.93. The van der Waals surface area contributed by atoms with Crippen molar-refractivity contribution in [2.75, 3.05) is 0 Å². The van der Waals surface area contributed by atoms with Gasteiger partial charge in [-0.15, -0.1) is 0 Å². The third-order valence-electron chi connectivity index (χ3n) is 3.93. The standard InChI is InChI=1S/C15H29NO2/c1-7-15(5,6)18-13(17)16-12-8-11(2)9-14(3,4)10-12/h11-12H,7-10H2,1-6H3,(H,16,17). The lowest BCUT2D eigenvalue weighted by Crippen LogP contribution is -2.45. The van der Waals surface area contributed by atoms with Gasteiger partial charge in [-0.25, -0.2) is 4.79 Å². The third kappa shape index (κ3) is 4.87. The molecular formula is C15H29NO2. The molecule has 0 aromatic carbocycles. The number of amides is 1. The van der Waals surface area contributed by atoms with Crippen molar-refractivity contribution in [2.24, 2.45) is 11.3 Å². The van der Waals surface area contributed by atoms with Crippen LogP contribution in [-0.2, 0) is 4.74 Å². The van der Waals surface area contributed by atoms with Crippen LogP contribution in [-0.4, -0.2) is 17.7 Å². The Balaban J connectivity index is 2.49. The minimum atomic E-state index is -0.375. The van der Waals surface area contributed by atoms with E-state index in [0.717, 1.165) is 19.3 Å². The number of hydrogen-bond donors (Lipinski definition) is 1. The molecule has 3 nitrogen and oxygen atoms in total. The Hall–Kier alpha value is -0.730. The van der Waals surface area contributed by atoms with Crippen molar-refractivity contribution in [3.63, 3.8) is 0 Å². The Kier molecular flexibility index (Phi) is 4.68. The van der Waals surface area contributed by atoms with Crippen LogP contribution in [0.1, 0.15) is 67.2 Å². The zero-order valence-corrected chi connectivity index (χ0v) is 12.8. The van der Waals surface area contributed by atoms with E-state index in [-0.39, 0.29) is 17.7 Å². The molecule has 0 heterocycles. The molecule has 0 saturated heterocycles. The van der Waals surface area contributed by atoms with Crippen molar-refractivity contribution in [3.05, 3.63) is 0 Å². The second kappa shape index (κ2) is 5.50. The zero-order chi connectivity index (χ0) is 14.0. The Morgan fingerprint density at radius 2 is 2.00 bits per heavy atom. The van der Waals surface area contributed by atoms with E-state index in [1.807, 2.05) is 20.8 Å². The first-order valence-corrected chi connectivity index (χ1v) is 7.13. The molecule has 1 rings (SSSR count). The summed E-state index contributed by atoms with van der Waals surface area (Å²) in [4.78, 5) is 11.9. The molecule has 0 spiro atoms. The van der Waals surface area contributed by atoms with Crippen LogP contribution in [0.5, 0.6) is 0 Å². The van der Waals surface area contributed by atoms with Crippen molar-refractivity contribution in [2.45, 2.75) is 78.9 Å². The maximum Gasteiger partial charge on any atom is 0.407 e. The molecule has 1 aliphatic rings. The summed E-state index contributed by atoms with van der Waals surface area (Å²) in [5.41, 5.74) is -0.0598. The lowest BCUT2D eigenvalue weighted by atomic mass is 9.71. The van der Waals surface area contributed by atoms with E-state index in [1.165, 1.54) is 6.42 Å². The van der Waals surface area contributed by atoms with E-state index < -0.39 is 0 Å². The van der Waals surface area contributed by atoms with Gasteiger partial charge in [-0.2, -0.15) is 0 Å². The fourth-order valence-corrected chi connectivity index (χ4v) is 2.98. The van der Waals surface area contributed by atoms with Gasteiger partial charge in [0, 0.05) is 6.04 Å². The highest BCUT2D eigenvalue weighted by atomic mass is 16.6. The van der Waals surface area contributed by atoms with Crippen molar-refractivity contribution in [3.8, 4) is 0 Å². The number of ether oxygens (including phenoxy) is 1. The van der Waals surface area contributed by atoms with Gasteiger partial charge in [0.2, 0.25) is 0 Å². The molecule has 2 atom stereocenters. The van der Waals surface area contributed by atoms with E-state index in [0.29, 0.717) is 11.3 Å². The van der Waals surface area contributed by atoms with Crippen LogP contribution >= 0.6 is 0 Å². The number of carbonyl (C=O) groups excluding carboxylic acids is 1. The Labute approximate surface area is 112 Å². The molecule has 1 fully saturated rings. The fourth-order valence-electron chi connectivity index (χ4n) is 2.98. The first-order valence-electron chi connectivity index (χ1n) is 7.13. The summed E-state index contributed by atoms with van der Waals surface area (Å²) in [6, 6.07) is 0.254. The van der Waals surface area contributed by atoms with Gasteiger partial charge in [0.05, 0.1) is 0 Å². The first kappa shape index (κ1) is 15.3. The molecule has 106 valence electrons. The van der Waals surface area contributed by atoms with Gasteiger partial charge in [-0.05, 0) is 50.9 Å². The highest BCUT2D eigenvalue weighted by Crippen LogP contribution is 2.38. The van der Waals surface area contributed by atoms with Crippen LogP contribution < -0.4 is 5.32 Å². The highest BCUT2D eigenvalue weighted by Gasteiger charge is 2.33. The van der Waals surface area contributed by atoms with E-state index in [9.17, 15) is 4.79 Å². The lowest BCUT2D eigenvalue weighted by molar-refractivity contribution is 0.0301. The zero-order valence-electron chi connectivity index (χ0n) is 12.8. The predicted octanol–water partition coefficient (Wildman–Crippen LogP) is 4.12. The topological polar surface area (TPSA) is 38.3 Å². The minimum absolute atomic E-state index is 0.254. The summed E-state index contributed by atoms with van der Waals surface area (Å²) < 4.78 is 5.44. The monoisotopic (exact) mass is 255 g/mol. The average Bonchev–Trinajstić information content (AvgIpc) is 2.12. The van der Waals surface area contributed by atoms with Crippen LogP contribution in [0.3, 0.4) is 0 Å². The summed E-state index contributed by atoms with van der Waals surface area (Å²) in [5, 5.41) is 3.03. The van der Waals surface area contributed by atoms with Crippen molar-refractivity contribution in [1.29, 1.82) is 0 Å². The van der Waals surface area contributed by atoms with E-state index in [4.69, 9.17) is 4.74 Å². The molecule has 3 heteroatoms. The van der Waals surface area contributed by atoms with Gasteiger partial charge < -0.3 is 10.1 Å². The van der Waals surface area contributed by atoms with Crippen LogP contribution in [0.4, 0.5) is 4.79 Å². The maximum atomic E-state index is 11.9. The fraction of sp³-hybridized carbons (Fsp3) is 0.933. The van der Waals surface area contributed by atoms with E-state index in [2.05, 4.69) is 26.1 Å². The van der Waals surface area contributed by atoms with Crippen LogP contribution in [0.15, 0.2) is 0 Å². The SMILES string of the molecule is CCC(C)(C)OC(=O)NC1CC(C)CC(C)(C)C1. The Bertz CT molecular complexity index is 297. The summed E-state index contributed by atoms with van der Waals surface area (Å²) in [6.45, 7) is 12.7. The smallest absolute Gasteiger partial charge is 0.407 e. The van der Waals surface area contributed by atoms with Crippen molar-refractivity contribution in [1.82, 2.24) is 5.32 Å². The Morgan fingerprint density at radius 3 is 2.50 bits per heavy atom. The molecule has 1 amide bonds. The maximum absolute atomic E-state index is 11.9. The van der Waals surface area contributed by atoms with Crippen LogP contribution in [0.2, 0.25) is 0 Å². The molecular weight excluding hydrogens is 226 g/mol. The number of nitrogens with one attached hydrogen (secondary N) is 1. The van der Waals surface area contributed by atoms with Crippen LogP contribution in [0, 0.1) is 11.3 Å². The summed E-state index contributed by atoms with van der Waals surface area (Å²) in [6.07, 6.45) is 3.90. The van der Waals surface area contributed by atoms with E-state index in [1.54, 1.807) is 0 Å². The number of hydrogen-bond acceptors (Lipinski definition) is 2. The largest absolute Gasteiger partial charge is 0.444 e. The van der Waals surface area contributed by atoms with E-state index >= 15 is 0 Å². The van der Waals surface area contributed by atoms with Gasteiger partial charge in [0.1, 0.15) is 5.60 Å². The average molecular weight is 255 g/mol. The number of rotatable bonds is 3. The normalized spacial score (nSPS) is 27.7. The number of alkyl carbamates (subject to hydrolysis) is 1. The molecule has 18 heavy (non-hydrogen) atoms. The second-order valence-electron chi connectivity index (χ2n) is 7.26. The van der Waals surface area contributed by atoms with Crippen molar-refractivity contribution < 1.29 is 9.53 Å². The van der Waals surface area contributed by atoms with Crippen molar-refractivity contribution >= 4 is 6.09 Å². The van der Waals surface area contributed by atoms with Gasteiger partial charge in [-0.1, -0.05) is 27.7 Å². The van der Waals surface area contributed by atoms with Gasteiger partial charge in [-0.3, -0.25) is 0 Å². The summed E-state index contributed by atoms with van der Waals surface area (Å²) >= 11 is 0. The molecule has 0 aromatic rings. The summed E-state index contributed by atoms with van der Waals surface area (Å²) in [5.74, 6) is 0.665. The number of carbonyl (C=O) groups is 1. The molecule has 0 radical (unpaired) electrons. The van der Waals surface area contributed by atoms with Gasteiger partial charge in [0.25, 0.3) is 0 Å². The molecule has 1 aliphatic carbocycles. The predicted molar refractivity (Wildman–Crippen MR) is 74.6 cm³/mol. The minimum Gasteiger partial charge on any atom is -0.444 e. The second-order valence-corrected chi connectivity index (χ2v) is 7.26. The molecule has 0 aromatic heterocycles. The summed E-state index contributed by atoms with van der Waals surface area (Å²) in [7, 11) is 0. The quantitative estimate of drug-likeness (QED) is 0.824. The molecule has 1 N–H and O–H groups in total.